The third-order valence-corrected chi connectivity index (χ3v) is 3.92. The number of methoxy groups -OCH3 is 1. The van der Waals surface area contributed by atoms with Gasteiger partial charge in [-0.1, -0.05) is 54.6 Å². The summed E-state index contributed by atoms with van der Waals surface area (Å²) in [6, 6.07) is 26.2. The Balaban J connectivity index is 0.00000261. The average Bonchev–Trinajstić information content (AvgIpc) is 2.71. The molecule has 0 aliphatic heterocycles. The minimum atomic E-state index is 0. The average molecular weight is 382 g/mol. The molecule has 0 heterocycles. The Morgan fingerprint density at radius 1 is 0.778 bits per heavy atom. The van der Waals surface area contributed by atoms with Crippen LogP contribution in [-0.4, -0.2) is 20.3 Å². The van der Waals surface area contributed by atoms with Gasteiger partial charge in [-0.3, -0.25) is 0 Å². The molecule has 3 nitrogen and oxygen atoms in total. The smallest absolute Gasteiger partial charge is 0.119 e. The van der Waals surface area contributed by atoms with E-state index in [-0.39, 0.29) is 12.4 Å². The van der Waals surface area contributed by atoms with Crippen molar-refractivity contribution in [3.05, 3.63) is 90.0 Å². The van der Waals surface area contributed by atoms with Crippen LogP contribution in [0.1, 0.15) is 11.1 Å². The zero-order valence-corrected chi connectivity index (χ0v) is 16.1. The first-order chi connectivity index (χ1) is 12.8. The Morgan fingerprint density at radius 2 is 1.48 bits per heavy atom. The van der Waals surface area contributed by atoms with Crippen LogP contribution in [0.3, 0.4) is 0 Å². The van der Waals surface area contributed by atoms with Gasteiger partial charge in [-0.2, -0.15) is 0 Å². The van der Waals surface area contributed by atoms with Crippen LogP contribution < -0.4 is 14.8 Å². The Morgan fingerprint density at radius 3 is 2.22 bits per heavy atom. The Hall–Kier alpha value is -2.91. The monoisotopic (exact) mass is 381 g/mol. The molecule has 4 heteroatoms. The molecule has 3 rings (SSSR count). The van der Waals surface area contributed by atoms with Crippen molar-refractivity contribution >= 4 is 30.2 Å². The Labute approximate surface area is 167 Å². The van der Waals surface area contributed by atoms with Crippen molar-refractivity contribution in [2.45, 2.75) is 0 Å². The summed E-state index contributed by atoms with van der Waals surface area (Å²) in [6.45, 7) is 1.33. The topological polar surface area (TPSA) is 30.5 Å². The first kappa shape index (κ1) is 20.4. The summed E-state index contributed by atoms with van der Waals surface area (Å²) in [6.07, 6.45) is 4.20. The maximum Gasteiger partial charge on any atom is 0.119 e. The second-order valence-electron chi connectivity index (χ2n) is 5.82. The minimum Gasteiger partial charge on any atom is -0.497 e. The van der Waals surface area contributed by atoms with Crippen LogP contribution in [0.5, 0.6) is 11.5 Å². The molecule has 0 bridgehead atoms. The zero-order chi connectivity index (χ0) is 18.0. The van der Waals surface area contributed by atoms with Crippen LogP contribution in [0.4, 0.5) is 5.69 Å². The summed E-state index contributed by atoms with van der Waals surface area (Å²) in [5.74, 6) is 1.73. The lowest BCUT2D eigenvalue weighted by molar-refractivity contribution is 0.333. The van der Waals surface area contributed by atoms with E-state index in [4.69, 9.17) is 9.47 Å². The molecule has 0 unspecified atom stereocenters. The summed E-state index contributed by atoms with van der Waals surface area (Å²) in [5.41, 5.74) is 3.35. The van der Waals surface area contributed by atoms with Crippen LogP contribution in [0.2, 0.25) is 0 Å². The lowest BCUT2D eigenvalue weighted by Gasteiger charge is -2.09. The van der Waals surface area contributed by atoms with E-state index < -0.39 is 0 Å². The number of halogens is 1. The molecule has 0 spiro atoms. The predicted octanol–water partition coefficient (Wildman–Crippen LogP) is 5.78. The predicted molar refractivity (Wildman–Crippen MR) is 116 cm³/mol. The Bertz CT molecular complexity index is 833. The van der Waals surface area contributed by atoms with Crippen molar-refractivity contribution < 1.29 is 9.47 Å². The third kappa shape index (κ3) is 6.72. The number of hydrogen-bond acceptors (Lipinski definition) is 3. The van der Waals surface area contributed by atoms with Gasteiger partial charge in [0.15, 0.2) is 0 Å². The molecule has 3 aromatic carbocycles. The van der Waals surface area contributed by atoms with E-state index in [1.165, 1.54) is 5.56 Å². The second kappa shape index (κ2) is 10.9. The van der Waals surface area contributed by atoms with E-state index in [0.29, 0.717) is 6.61 Å². The molecule has 0 amide bonds. The van der Waals surface area contributed by atoms with Crippen molar-refractivity contribution in [3.8, 4) is 11.5 Å². The lowest BCUT2D eigenvalue weighted by Crippen LogP contribution is -2.11. The molecule has 0 fully saturated rings. The molecule has 27 heavy (non-hydrogen) atoms. The van der Waals surface area contributed by atoms with E-state index in [2.05, 4.69) is 35.7 Å². The summed E-state index contributed by atoms with van der Waals surface area (Å²) >= 11 is 0. The van der Waals surface area contributed by atoms with Crippen LogP contribution >= 0.6 is 12.4 Å². The van der Waals surface area contributed by atoms with Crippen molar-refractivity contribution in [2.75, 3.05) is 25.6 Å². The number of nitrogens with one attached hydrogen (secondary N) is 1. The van der Waals surface area contributed by atoms with Crippen LogP contribution in [-0.2, 0) is 0 Å². The van der Waals surface area contributed by atoms with Gasteiger partial charge in [-0.05, 0) is 47.5 Å². The van der Waals surface area contributed by atoms with E-state index in [1.807, 2.05) is 60.7 Å². The highest BCUT2D eigenvalue weighted by atomic mass is 35.5. The van der Waals surface area contributed by atoms with Crippen LogP contribution in [0.25, 0.3) is 12.2 Å². The van der Waals surface area contributed by atoms with E-state index >= 15 is 0 Å². The van der Waals surface area contributed by atoms with Gasteiger partial charge in [0.1, 0.15) is 18.1 Å². The molecule has 0 atom stereocenters. The standard InChI is InChI=1S/C23H23NO2.ClH/c1-25-22-14-12-21(13-15-22)24-16-17-26-23-9-5-8-20(18-23)11-10-19-6-3-2-4-7-19;/h2-15,18,24H,16-17H2,1H3;1H. The second-order valence-corrected chi connectivity index (χ2v) is 5.82. The minimum absolute atomic E-state index is 0. The van der Waals surface area contributed by atoms with Crippen molar-refractivity contribution in [1.29, 1.82) is 0 Å². The molecular weight excluding hydrogens is 358 g/mol. The molecule has 0 aliphatic rings. The SMILES string of the molecule is COc1ccc(NCCOc2cccc(C=Cc3ccccc3)c2)cc1.Cl. The molecular formula is C23H24ClNO2. The van der Waals surface area contributed by atoms with Crippen LogP contribution in [0.15, 0.2) is 78.9 Å². The molecule has 0 saturated carbocycles. The highest BCUT2D eigenvalue weighted by Gasteiger charge is 1.97. The number of anilines is 1. The lowest BCUT2D eigenvalue weighted by atomic mass is 10.1. The molecule has 3 aromatic rings. The fourth-order valence-corrected chi connectivity index (χ4v) is 2.54. The van der Waals surface area contributed by atoms with E-state index in [0.717, 1.165) is 29.3 Å². The van der Waals surface area contributed by atoms with Crippen molar-refractivity contribution in [2.24, 2.45) is 0 Å². The number of rotatable bonds is 8. The van der Waals surface area contributed by atoms with Gasteiger partial charge in [-0.25, -0.2) is 0 Å². The molecule has 140 valence electrons. The third-order valence-electron chi connectivity index (χ3n) is 3.92. The number of benzene rings is 3. The van der Waals surface area contributed by atoms with E-state index in [9.17, 15) is 0 Å². The maximum absolute atomic E-state index is 5.84. The molecule has 0 saturated heterocycles. The van der Waals surface area contributed by atoms with Gasteiger partial charge in [0.2, 0.25) is 0 Å². The highest BCUT2D eigenvalue weighted by molar-refractivity contribution is 5.85. The summed E-state index contributed by atoms with van der Waals surface area (Å²) in [7, 11) is 1.67. The first-order valence-electron chi connectivity index (χ1n) is 8.67. The van der Waals surface area contributed by atoms with Gasteiger partial charge in [0.05, 0.1) is 7.11 Å². The summed E-state index contributed by atoms with van der Waals surface area (Å²) in [5, 5.41) is 3.33. The normalized spacial score (nSPS) is 10.3. The fourth-order valence-electron chi connectivity index (χ4n) is 2.54. The summed E-state index contributed by atoms with van der Waals surface area (Å²) in [4.78, 5) is 0. The quantitative estimate of drug-likeness (QED) is 0.396. The van der Waals surface area contributed by atoms with Gasteiger partial charge in [0.25, 0.3) is 0 Å². The van der Waals surface area contributed by atoms with Gasteiger partial charge < -0.3 is 14.8 Å². The molecule has 1 N–H and O–H groups in total. The van der Waals surface area contributed by atoms with Crippen molar-refractivity contribution in [3.63, 3.8) is 0 Å². The fraction of sp³-hybridized carbons (Fsp3) is 0.130. The van der Waals surface area contributed by atoms with Crippen molar-refractivity contribution in [1.82, 2.24) is 0 Å². The van der Waals surface area contributed by atoms with Crippen LogP contribution in [0, 0.1) is 0 Å². The maximum atomic E-state index is 5.84. The Kier molecular flexibility index (Phi) is 8.27. The number of hydrogen-bond donors (Lipinski definition) is 1. The molecule has 0 radical (unpaired) electrons. The summed E-state index contributed by atoms with van der Waals surface area (Å²) < 4.78 is 11.0. The first-order valence-corrected chi connectivity index (χ1v) is 8.67. The molecule has 0 aliphatic carbocycles. The largest absolute Gasteiger partial charge is 0.497 e. The van der Waals surface area contributed by atoms with Gasteiger partial charge >= 0.3 is 0 Å². The highest BCUT2D eigenvalue weighted by Crippen LogP contribution is 2.17. The van der Waals surface area contributed by atoms with E-state index in [1.54, 1.807) is 7.11 Å². The zero-order valence-electron chi connectivity index (χ0n) is 15.3. The number of ether oxygens (including phenoxy) is 2. The van der Waals surface area contributed by atoms with Gasteiger partial charge in [0, 0.05) is 12.2 Å². The molecule has 0 aromatic heterocycles. The van der Waals surface area contributed by atoms with Gasteiger partial charge in [-0.15, -0.1) is 12.4 Å².